The summed E-state index contributed by atoms with van der Waals surface area (Å²) in [6.07, 6.45) is -0.0259. The van der Waals surface area contributed by atoms with E-state index in [9.17, 15) is 24.2 Å². The summed E-state index contributed by atoms with van der Waals surface area (Å²) < 4.78 is 19.0. The summed E-state index contributed by atoms with van der Waals surface area (Å²) in [5, 5.41) is 21.2. The van der Waals surface area contributed by atoms with E-state index < -0.39 is 23.5 Å². The molecule has 1 aliphatic rings. The molecule has 1 amide bonds. The van der Waals surface area contributed by atoms with Crippen molar-refractivity contribution in [2.75, 3.05) is 0 Å². The number of phenols is 1. The lowest BCUT2D eigenvalue weighted by Gasteiger charge is -2.25. The number of aliphatic hydroxyl groups is 1. The van der Waals surface area contributed by atoms with Gasteiger partial charge in [0.1, 0.15) is 23.1 Å². The van der Waals surface area contributed by atoms with Crippen LogP contribution in [0.25, 0.3) is 5.76 Å². The van der Waals surface area contributed by atoms with E-state index in [1.807, 2.05) is 13.8 Å². The standard InChI is InChI=1S/C27H24FNO5/c1-16(2)34-22-12-8-18(9-13-22)25(31)23-24(19-4-3-5-21(30)14-19)29(27(33)26(23)32)15-17-6-10-20(28)11-7-17/h3-14,16,24,30-31H,15H2,1-2H3/b25-23-. The SMILES string of the molecule is CC(C)Oc1ccc(/C(O)=C2/C(=O)C(=O)N(Cc3ccc(F)cc3)C2c2cccc(O)c2)cc1. The normalized spacial score (nSPS) is 17.4. The molecule has 0 spiro atoms. The Morgan fingerprint density at radius 2 is 1.71 bits per heavy atom. The number of aliphatic hydroxyl groups excluding tert-OH is 1. The van der Waals surface area contributed by atoms with Gasteiger partial charge in [-0.15, -0.1) is 0 Å². The van der Waals surface area contributed by atoms with Crippen LogP contribution < -0.4 is 4.74 Å². The topological polar surface area (TPSA) is 87.1 Å². The van der Waals surface area contributed by atoms with Crippen molar-refractivity contribution in [1.29, 1.82) is 0 Å². The fraction of sp³-hybridized carbons (Fsp3) is 0.185. The van der Waals surface area contributed by atoms with Crippen molar-refractivity contribution in [3.63, 3.8) is 0 Å². The molecule has 2 N–H and O–H groups in total. The summed E-state index contributed by atoms with van der Waals surface area (Å²) in [5.41, 5.74) is 1.34. The minimum atomic E-state index is -0.941. The Morgan fingerprint density at radius 1 is 1.03 bits per heavy atom. The van der Waals surface area contributed by atoms with Gasteiger partial charge in [-0.1, -0.05) is 24.3 Å². The lowest BCUT2D eigenvalue weighted by Crippen LogP contribution is -2.29. The smallest absolute Gasteiger partial charge is 0.295 e. The Bertz CT molecular complexity index is 1250. The number of carbonyl (C=O) groups is 2. The third-order valence-corrected chi connectivity index (χ3v) is 5.49. The van der Waals surface area contributed by atoms with Crippen LogP contribution in [0.15, 0.2) is 78.4 Å². The first-order valence-electron chi connectivity index (χ1n) is 10.8. The van der Waals surface area contributed by atoms with Gasteiger partial charge in [-0.05, 0) is 73.5 Å². The summed E-state index contributed by atoms with van der Waals surface area (Å²) in [4.78, 5) is 27.5. The molecule has 0 aliphatic carbocycles. The van der Waals surface area contributed by atoms with E-state index in [1.165, 1.54) is 41.3 Å². The Morgan fingerprint density at radius 3 is 2.32 bits per heavy atom. The van der Waals surface area contributed by atoms with Gasteiger partial charge in [0.2, 0.25) is 0 Å². The highest BCUT2D eigenvalue weighted by Gasteiger charge is 2.46. The summed E-state index contributed by atoms with van der Waals surface area (Å²) in [6.45, 7) is 3.81. The van der Waals surface area contributed by atoms with Gasteiger partial charge >= 0.3 is 0 Å². The van der Waals surface area contributed by atoms with E-state index in [0.717, 1.165) is 0 Å². The second-order valence-electron chi connectivity index (χ2n) is 8.34. The van der Waals surface area contributed by atoms with Crippen molar-refractivity contribution in [1.82, 2.24) is 4.90 Å². The van der Waals surface area contributed by atoms with Crippen LogP contribution in [0.5, 0.6) is 11.5 Å². The monoisotopic (exact) mass is 461 g/mol. The van der Waals surface area contributed by atoms with Crippen LogP contribution in [-0.2, 0) is 16.1 Å². The van der Waals surface area contributed by atoms with Crippen molar-refractivity contribution >= 4 is 17.4 Å². The van der Waals surface area contributed by atoms with Crippen LogP contribution in [-0.4, -0.2) is 32.9 Å². The van der Waals surface area contributed by atoms with E-state index in [2.05, 4.69) is 0 Å². The van der Waals surface area contributed by atoms with Crippen molar-refractivity contribution in [2.45, 2.75) is 32.5 Å². The number of amides is 1. The molecule has 3 aromatic carbocycles. The highest BCUT2D eigenvalue weighted by Crippen LogP contribution is 2.41. The zero-order valence-corrected chi connectivity index (χ0v) is 18.7. The number of halogens is 1. The largest absolute Gasteiger partial charge is 0.508 e. The van der Waals surface area contributed by atoms with Crippen molar-refractivity contribution in [3.8, 4) is 11.5 Å². The number of benzene rings is 3. The molecule has 3 aromatic rings. The molecule has 1 saturated heterocycles. The highest BCUT2D eigenvalue weighted by atomic mass is 19.1. The lowest BCUT2D eigenvalue weighted by molar-refractivity contribution is -0.140. The summed E-state index contributed by atoms with van der Waals surface area (Å²) in [6, 6.07) is 17.4. The third-order valence-electron chi connectivity index (χ3n) is 5.49. The molecule has 0 radical (unpaired) electrons. The molecule has 1 fully saturated rings. The number of Topliss-reactive ketones (excluding diaryl/α,β-unsaturated/α-hetero) is 1. The zero-order valence-electron chi connectivity index (χ0n) is 18.7. The van der Waals surface area contributed by atoms with E-state index in [1.54, 1.807) is 36.4 Å². The van der Waals surface area contributed by atoms with Crippen molar-refractivity contribution in [2.24, 2.45) is 0 Å². The molecule has 1 heterocycles. The van der Waals surface area contributed by atoms with Gasteiger partial charge in [-0.25, -0.2) is 4.39 Å². The number of carbonyl (C=O) groups excluding carboxylic acids is 2. The molecule has 0 saturated carbocycles. The second kappa shape index (κ2) is 9.39. The number of nitrogens with zero attached hydrogens (tertiary/aromatic N) is 1. The number of rotatable bonds is 6. The summed E-state index contributed by atoms with van der Waals surface area (Å²) in [5.74, 6) is -1.81. The maximum Gasteiger partial charge on any atom is 0.295 e. The van der Waals surface area contributed by atoms with E-state index >= 15 is 0 Å². The molecule has 1 aliphatic heterocycles. The Hall–Kier alpha value is -4.13. The highest BCUT2D eigenvalue weighted by molar-refractivity contribution is 6.46. The van der Waals surface area contributed by atoms with Gasteiger partial charge in [-0.3, -0.25) is 9.59 Å². The summed E-state index contributed by atoms with van der Waals surface area (Å²) in [7, 11) is 0. The van der Waals surface area contributed by atoms with Crippen LogP contribution in [0.3, 0.4) is 0 Å². The average Bonchev–Trinajstić information content (AvgIpc) is 3.05. The van der Waals surface area contributed by atoms with Crippen LogP contribution in [0.2, 0.25) is 0 Å². The minimum Gasteiger partial charge on any atom is -0.508 e. The predicted octanol–water partition coefficient (Wildman–Crippen LogP) is 4.94. The lowest BCUT2D eigenvalue weighted by atomic mass is 9.95. The zero-order chi connectivity index (χ0) is 24.4. The van der Waals surface area contributed by atoms with Gasteiger partial charge < -0.3 is 19.8 Å². The molecule has 1 unspecified atom stereocenters. The maximum absolute atomic E-state index is 13.4. The van der Waals surface area contributed by atoms with Crippen LogP contribution in [0.1, 0.15) is 36.6 Å². The first kappa shape index (κ1) is 23.0. The number of likely N-dealkylation sites (tertiary alicyclic amines) is 1. The predicted molar refractivity (Wildman–Crippen MR) is 125 cm³/mol. The Balaban J connectivity index is 1.80. The average molecular weight is 461 g/mol. The molecule has 6 nitrogen and oxygen atoms in total. The van der Waals surface area contributed by atoms with Crippen LogP contribution >= 0.6 is 0 Å². The molecule has 0 bridgehead atoms. The molecule has 174 valence electrons. The maximum atomic E-state index is 13.4. The fourth-order valence-electron chi connectivity index (χ4n) is 3.99. The van der Waals surface area contributed by atoms with Gasteiger partial charge in [0.25, 0.3) is 11.7 Å². The van der Waals surface area contributed by atoms with Gasteiger partial charge in [-0.2, -0.15) is 0 Å². The number of hydrogen-bond acceptors (Lipinski definition) is 5. The molecule has 1 atom stereocenters. The van der Waals surface area contributed by atoms with Crippen molar-refractivity contribution < 1.29 is 28.9 Å². The first-order chi connectivity index (χ1) is 16.2. The quantitative estimate of drug-likeness (QED) is 0.308. The molecule has 34 heavy (non-hydrogen) atoms. The third kappa shape index (κ3) is 4.64. The number of ether oxygens (including phenoxy) is 1. The Kier molecular flexibility index (Phi) is 6.36. The fourth-order valence-corrected chi connectivity index (χ4v) is 3.99. The van der Waals surface area contributed by atoms with Gasteiger partial charge in [0.05, 0.1) is 17.7 Å². The molecular formula is C27H24FNO5. The molecule has 4 rings (SSSR count). The minimum absolute atomic E-state index is 0.0170. The number of hydrogen-bond donors (Lipinski definition) is 2. The molecular weight excluding hydrogens is 437 g/mol. The van der Waals surface area contributed by atoms with Crippen LogP contribution in [0, 0.1) is 5.82 Å². The van der Waals surface area contributed by atoms with E-state index in [-0.39, 0.29) is 29.7 Å². The summed E-state index contributed by atoms with van der Waals surface area (Å²) >= 11 is 0. The van der Waals surface area contributed by atoms with E-state index in [0.29, 0.717) is 22.4 Å². The number of ketones is 1. The molecule has 7 heteroatoms. The van der Waals surface area contributed by atoms with E-state index in [4.69, 9.17) is 4.74 Å². The first-order valence-corrected chi connectivity index (χ1v) is 10.8. The van der Waals surface area contributed by atoms with Crippen molar-refractivity contribution in [3.05, 3.63) is 101 Å². The van der Waals surface area contributed by atoms with Gasteiger partial charge in [0.15, 0.2) is 0 Å². The number of aromatic hydroxyl groups is 1. The van der Waals surface area contributed by atoms with Gasteiger partial charge in [0, 0.05) is 12.1 Å². The molecule has 0 aromatic heterocycles. The number of phenolic OH excluding ortho intramolecular Hbond substituents is 1. The second-order valence-corrected chi connectivity index (χ2v) is 8.34. The Labute approximate surface area is 196 Å². The van der Waals surface area contributed by atoms with Crippen LogP contribution in [0.4, 0.5) is 4.39 Å².